The highest BCUT2D eigenvalue weighted by atomic mass is 35.5. The zero-order valence-corrected chi connectivity index (χ0v) is 67.7. The minimum atomic E-state index is -1.08. The van der Waals surface area contributed by atoms with E-state index in [4.69, 9.17) is 33.0 Å². The molecule has 3 amide bonds. The molecule has 0 aromatic carbocycles. The number of nitrogens with one attached hydrogen (secondary N) is 3. The van der Waals surface area contributed by atoms with Crippen molar-refractivity contribution in [1.82, 2.24) is 91.5 Å². The van der Waals surface area contributed by atoms with Gasteiger partial charge in [-0.15, -0.1) is 30.6 Å². The van der Waals surface area contributed by atoms with Crippen molar-refractivity contribution in [3.63, 3.8) is 0 Å². The molecule has 0 bridgehead atoms. The molecule has 37 heteroatoms. The van der Waals surface area contributed by atoms with Crippen molar-refractivity contribution in [2.75, 3.05) is 26.4 Å². The van der Waals surface area contributed by atoms with E-state index in [2.05, 4.69) is 109 Å². The highest BCUT2D eigenvalue weighted by molar-refractivity contribution is 7.17. The molecule has 0 aliphatic rings. The molecule has 596 valence electrons. The highest BCUT2D eigenvalue weighted by Crippen LogP contribution is 2.28. The summed E-state index contributed by atoms with van der Waals surface area (Å²) < 4.78 is 13.5. The first-order valence-corrected chi connectivity index (χ1v) is 37.5. The predicted molar refractivity (Wildman–Crippen MR) is 431 cm³/mol. The van der Waals surface area contributed by atoms with Gasteiger partial charge in [-0.3, -0.25) is 74.3 Å². The molecule has 0 atom stereocenters. The number of nitrogens with two attached hydrogens (primary N) is 2. The average molecular weight is 1640 g/mol. The molecule has 8 N–H and O–H groups in total. The predicted octanol–water partition coefficient (Wildman–Crippen LogP) is 10.4. The summed E-state index contributed by atoms with van der Waals surface area (Å²) in [5.74, 6) is -0.365. The minimum Gasteiger partial charge on any atom is -0.476 e. The number of aromatic nitrogens is 15. The molecule has 0 saturated carbocycles. The second-order valence-electron chi connectivity index (χ2n) is 24.1. The quantitative estimate of drug-likeness (QED) is 0.00640. The molecule has 0 unspecified atom stereocenters. The molecular formula is C78H81ClN20O13S3. The molecule has 12 rings (SSSR count). The second kappa shape index (κ2) is 46.6. The highest BCUT2D eigenvalue weighted by Gasteiger charge is 2.20. The van der Waals surface area contributed by atoms with Crippen LogP contribution in [0, 0.1) is 62.3 Å². The number of hydrogen-bond donors (Lipinski definition) is 6. The van der Waals surface area contributed by atoms with Gasteiger partial charge in [0, 0.05) is 145 Å². The SMILES string of the molecule is CCOC(=O)C(=O)Cl.CCOC(=O)C(=O)NCC(=O)c1cncc(C)c1.CCOC(=O)c1nnc(-c2cncc(C)c2)s1.Cc1cc(-c2ncc(CN)cc2C)ccn1.Cc1cncc(-c2nnc(C(=O)NCc3cnc(-c4ccnc(C)c4)c(C)c3)s2)c1.Cc1cncc(-c2nnc(C(=O)O)s2)c1.Cc1cncc(C(=O)NN)c1. The van der Waals surface area contributed by atoms with Gasteiger partial charge in [0.05, 0.1) is 43.3 Å². The molecule has 0 aliphatic carbocycles. The fraction of sp³-hybridized carbons (Fsp3) is 0.231. The van der Waals surface area contributed by atoms with Gasteiger partial charge in [0.2, 0.25) is 15.0 Å². The third-order valence-corrected chi connectivity index (χ3v) is 17.6. The molecule has 12 heterocycles. The van der Waals surface area contributed by atoms with Crippen molar-refractivity contribution in [3.8, 4) is 54.2 Å². The fourth-order valence-electron chi connectivity index (χ4n) is 9.40. The van der Waals surface area contributed by atoms with Gasteiger partial charge < -0.3 is 35.7 Å². The summed E-state index contributed by atoms with van der Waals surface area (Å²) >= 11 is 8.19. The average Bonchev–Trinajstić information content (AvgIpc) is 1.71. The molecule has 33 nitrogen and oxygen atoms in total. The first-order chi connectivity index (χ1) is 55.0. The van der Waals surface area contributed by atoms with Crippen molar-refractivity contribution in [3.05, 3.63) is 241 Å². The van der Waals surface area contributed by atoms with Gasteiger partial charge in [-0.05, 0) is 199 Å². The number of ether oxygens (including phenoxy) is 3. The van der Waals surface area contributed by atoms with Gasteiger partial charge in [-0.1, -0.05) is 46.1 Å². The number of rotatable bonds is 19. The van der Waals surface area contributed by atoms with E-state index in [1.807, 2.05) is 115 Å². The number of carboxylic acids is 1. The summed E-state index contributed by atoms with van der Waals surface area (Å²) in [6.07, 6.45) is 23.7. The van der Waals surface area contributed by atoms with Crippen molar-refractivity contribution >= 4 is 98.2 Å². The largest absolute Gasteiger partial charge is 0.476 e. The van der Waals surface area contributed by atoms with Gasteiger partial charge in [0.1, 0.15) is 15.0 Å². The Hall–Kier alpha value is -13.1. The molecule has 0 saturated heterocycles. The van der Waals surface area contributed by atoms with Crippen LogP contribution >= 0.6 is 45.6 Å². The van der Waals surface area contributed by atoms with Crippen LogP contribution in [0.2, 0.25) is 0 Å². The zero-order valence-electron chi connectivity index (χ0n) is 64.5. The number of carboxylic acid groups (broad SMARTS) is 1. The lowest BCUT2D eigenvalue weighted by Crippen LogP contribution is -2.36. The third kappa shape index (κ3) is 30.1. The first kappa shape index (κ1) is 90.8. The van der Waals surface area contributed by atoms with E-state index in [0.717, 1.165) is 112 Å². The lowest BCUT2D eigenvalue weighted by Gasteiger charge is -2.09. The monoisotopic (exact) mass is 1640 g/mol. The van der Waals surface area contributed by atoms with E-state index < -0.39 is 35.0 Å². The number of pyridine rings is 9. The molecule has 0 aliphatic heterocycles. The van der Waals surface area contributed by atoms with Crippen molar-refractivity contribution in [2.45, 2.75) is 96.2 Å². The van der Waals surface area contributed by atoms with Crippen molar-refractivity contribution < 1.29 is 62.5 Å². The number of amides is 3. The number of aromatic carboxylic acids is 1. The molecule has 0 fully saturated rings. The van der Waals surface area contributed by atoms with Gasteiger partial charge in [-0.25, -0.2) is 25.0 Å². The van der Waals surface area contributed by atoms with E-state index in [0.29, 0.717) is 50.9 Å². The Balaban J connectivity index is 0.000000216. The number of halogens is 1. The van der Waals surface area contributed by atoms with Crippen LogP contribution < -0.4 is 27.6 Å². The van der Waals surface area contributed by atoms with Crippen LogP contribution in [-0.4, -0.2) is 160 Å². The smallest absolute Gasteiger partial charge is 0.396 e. The van der Waals surface area contributed by atoms with Crippen LogP contribution in [0.1, 0.15) is 132 Å². The number of Topliss-reactive ketones (excluding diaryl/α,β-unsaturated/α-hetero) is 1. The molecule has 115 heavy (non-hydrogen) atoms. The standard InChI is InChI=1S/C22H20N6OS.C13H15N3.C12H14N2O4.C11H11N3O2S.C9H7N3O2S.C7H9N3O.C4H5ClO3/c1-13-6-18(12-23-9-13)21-27-28-22(30-21)20(29)26-11-16-7-14(2)19(25-10-16)17-4-5-24-15(3)8-17;1-9-5-11(7-14)8-16-13(9)12-3-4-15-10(2)6-12;1-3-18-12(17)11(16)14-7-10(15)9-4-8(2)5-13-6-9;1-3-16-11(15)10-14-13-9(17-10)8-4-7(2)5-12-6-8;1-5-2-6(4-10-3-5)7-11-12-8(15-7)9(13)14;1-5-2-6(4-9-3-5)7(11)10-8;1-2-8-4(7)3(5)6/h4-10,12H,11H2,1-3H3,(H,26,29);3-6,8H,7,14H2,1-2H3;4-6H,3,7H2,1-2H3,(H,14,16);4-6H,3H2,1-2H3;2-4H,1H3,(H,13,14);2-4H,8H2,1H3,(H,10,11);2H2,1H3. The Labute approximate surface area is 677 Å². The molecule has 0 spiro atoms. The van der Waals surface area contributed by atoms with E-state index in [1.54, 1.807) is 102 Å². The van der Waals surface area contributed by atoms with Gasteiger partial charge in [0.25, 0.3) is 11.8 Å². The van der Waals surface area contributed by atoms with Crippen molar-refractivity contribution in [1.29, 1.82) is 0 Å². The Kier molecular flexibility index (Phi) is 36.8. The summed E-state index contributed by atoms with van der Waals surface area (Å²) in [6, 6.07) is 21.3. The maximum Gasteiger partial charge on any atom is 0.396 e. The van der Waals surface area contributed by atoms with Gasteiger partial charge in [0.15, 0.2) is 5.78 Å². The topological polar surface area (TPSA) is 483 Å². The molecular weight excluding hydrogens is 1560 g/mol. The molecule has 12 aromatic heterocycles. The van der Waals surface area contributed by atoms with Crippen LogP contribution in [0.3, 0.4) is 0 Å². The van der Waals surface area contributed by atoms with Crippen LogP contribution in [-0.2, 0) is 46.5 Å². The van der Waals surface area contributed by atoms with Crippen LogP contribution in [0.5, 0.6) is 0 Å². The molecule has 0 radical (unpaired) electrons. The lowest BCUT2D eigenvalue weighted by atomic mass is 10.1. The first-order valence-electron chi connectivity index (χ1n) is 34.6. The van der Waals surface area contributed by atoms with Crippen LogP contribution in [0.25, 0.3) is 54.2 Å². The Morgan fingerprint density at radius 3 is 1.28 bits per heavy atom. The molecule has 12 aromatic rings. The van der Waals surface area contributed by atoms with Crippen molar-refractivity contribution in [2.24, 2.45) is 11.6 Å². The lowest BCUT2D eigenvalue weighted by molar-refractivity contribution is -0.154. The Morgan fingerprint density at radius 2 is 0.861 bits per heavy atom. The van der Waals surface area contributed by atoms with E-state index in [1.165, 1.54) is 35.1 Å². The summed E-state index contributed by atoms with van der Waals surface area (Å²) in [7, 11) is 0. The number of esters is 3. The van der Waals surface area contributed by atoms with Gasteiger partial charge >= 0.3 is 35.0 Å². The van der Waals surface area contributed by atoms with Crippen LogP contribution in [0.4, 0.5) is 0 Å². The van der Waals surface area contributed by atoms with E-state index in [-0.39, 0.29) is 47.4 Å². The number of nitrogens with zero attached hydrogens (tertiary/aromatic N) is 15. The maximum atomic E-state index is 12.5. The number of hydrogen-bond acceptors (Lipinski definition) is 32. The number of hydrazine groups is 1. The number of carbonyl (C=O) groups is 9. The summed E-state index contributed by atoms with van der Waals surface area (Å²) in [6.45, 7) is 23.7. The Bertz CT molecular complexity index is 5360. The minimum absolute atomic E-state index is 0.00786. The number of aryl methyl sites for hydroxylation is 9. The normalized spacial score (nSPS) is 10.1. The summed E-state index contributed by atoms with van der Waals surface area (Å²) in [5.41, 5.74) is 26.0. The number of carbonyl (C=O) groups excluding carboxylic acids is 8. The van der Waals surface area contributed by atoms with Gasteiger partial charge in [-0.2, -0.15) is 0 Å². The summed E-state index contributed by atoms with van der Waals surface area (Å²) in [4.78, 5) is 137. The second-order valence-corrected chi connectivity index (χ2v) is 27.4. The third-order valence-electron chi connectivity index (χ3n) is 14.5. The van der Waals surface area contributed by atoms with E-state index in [9.17, 15) is 43.2 Å². The maximum absolute atomic E-state index is 12.5. The van der Waals surface area contributed by atoms with Crippen LogP contribution in [0.15, 0.2) is 153 Å². The number of ketones is 1. The van der Waals surface area contributed by atoms with E-state index >= 15 is 0 Å². The Morgan fingerprint density at radius 1 is 0.443 bits per heavy atom. The zero-order chi connectivity index (χ0) is 84.1. The fourth-order valence-corrected chi connectivity index (χ4v) is 11.6. The summed E-state index contributed by atoms with van der Waals surface area (Å²) in [5, 5.41) is 38.5. The number of nitrogen functional groups attached to an aromatic ring is 1.